The van der Waals surface area contributed by atoms with Gasteiger partial charge in [0.2, 0.25) is 5.91 Å². The van der Waals surface area contributed by atoms with Crippen LogP contribution in [-0.2, 0) is 4.79 Å². The molecule has 0 saturated heterocycles. The summed E-state index contributed by atoms with van der Waals surface area (Å²) < 4.78 is 9.11. The summed E-state index contributed by atoms with van der Waals surface area (Å²) in [6.45, 7) is 16.9. The van der Waals surface area contributed by atoms with Crippen LogP contribution in [0.1, 0.15) is 78.7 Å². The number of carbonyl (C=O) groups excluding carboxylic acids is 1. The standard InChI is InChI=1S/C6H10N2O.C6H9NO2.C5H9N3.C5H8N2O2/c1-4(2)6-7-3-5(9)8-6;1-4(2)5-3-6(8)7-9-5;1-4(2)5-3-6-8-7-5;1-3(2)4-5(8)7-9-6-4/h4H,3H2,1-2H3,(H,7,8,9);3-4H,1-2H3,(H,7,8);4H,3H2,1-2H3;3H,1-2H3,(H,7,8). The van der Waals surface area contributed by atoms with Gasteiger partial charge in [-0.2, -0.15) is 15.4 Å². The van der Waals surface area contributed by atoms with Crippen molar-refractivity contribution in [3.63, 3.8) is 0 Å². The smallest absolute Gasteiger partial charge is 0.304 e. The van der Waals surface area contributed by atoms with Crippen molar-refractivity contribution < 1.29 is 13.9 Å². The number of aliphatic imine (C=N–C) groups is 1. The number of nitrogens with one attached hydrogen (secondary N) is 3. The highest BCUT2D eigenvalue weighted by atomic mass is 16.6. The predicted molar refractivity (Wildman–Crippen MR) is 132 cm³/mol. The first-order valence-electron chi connectivity index (χ1n) is 11.4. The summed E-state index contributed by atoms with van der Waals surface area (Å²) in [6.07, 6.45) is 0. The van der Waals surface area contributed by atoms with Gasteiger partial charge in [-0.15, -0.1) is 5.10 Å². The van der Waals surface area contributed by atoms with Crippen LogP contribution < -0.4 is 16.4 Å². The second kappa shape index (κ2) is 14.6. The molecule has 0 aromatic carbocycles. The van der Waals surface area contributed by atoms with Crippen molar-refractivity contribution in [2.75, 3.05) is 13.1 Å². The number of aromatic nitrogens is 3. The number of nitrogens with zero attached hydrogens (tertiary/aromatic N) is 5. The number of hydrogen-bond acceptors (Lipinski definition) is 10. The van der Waals surface area contributed by atoms with Crippen LogP contribution in [0.2, 0.25) is 0 Å². The minimum atomic E-state index is -0.231. The maximum absolute atomic E-state index is 10.6. The van der Waals surface area contributed by atoms with Gasteiger partial charge in [0.25, 0.3) is 5.56 Å². The average molecular weight is 493 g/mol. The molecule has 13 nitrogen and oxygen atoms in total. The highest BCUT2D eigenvalue weighted by molar-refractivity contribution is 6.04. The van der Waals surface area contributed by atoms with Crippen LogP contribution in [0, 0.1) is 11.8 Å². The molecule has 3 N–H and O–H groups in total. The maximum Gasteiger partial charge on any atom is 0.304 e. The summed E-state index contributed by atoms with van der Waals surface area (Å²) in [7, 11) is 0. The quantitative estimate of drug-likeness (QED) is 0.588. The molecule has 35 heavy (non-hydrogen) atoms. The highest BCUT2D eigenvalue weighted by Crippen LogP contribution is 2.09. The predicted octanol–water partition coefficient (Wildman–Crippen LogP) is 3.21. The Balaban J connectivity index is 0.000000234. The molecule has 0 spiro atoms. The third kappa shape index (κ3) is 10.9. The lowest BCUT2D eigenvalue weighted by Crippen LogP contribution is -2.27. The molecule has 13 heteroatoms. The van der Waals surface area contributed by atoms with Crippen LogP contribution in [0.4, 0.5) is 0 Å². The van der Waals surface area contributed by atoms with Crippen LogP contribution in [0.15, 0.2) is 45.2 Å². The van der Waals surface area contributed by atoms with Crippen molar-refractivity contribution in [2.24, 2.45) is 32.3 Å². The molecule has 2 aromatic heterocycles. The van der Waals surface area contributed by atoms with E-state index in [4.69, 9.17) is 4.52 Å². The summed E-state index contributed by atoms with van der Waals surface area (Å²) in [5.41, 5.74) is 1.14. The topological polar surface area (TPSA) is 183 Å². The van der Waals surface area contributed by atoms with Crippen molar-refractivity contribution >= 4 is 17.5 Å². The lowest BCUT2D eigenvalue weighted by molar-refractivity contribution is -0.117. The third-order valence-electron chi connectivity index (χ3n) is 4.52. The summed E-state index contributed by atoms with van der Waals surface area (Å²) in [4.78, 5) is 35.6. The monoisotopic (exact) mass is 492 g/mol. The van der Waals surface area contributed by atoms with Crippen molar-refractivity contribution in [3.05, 3.63) is 38.2 Å². The van der Waals surface area contributed by atoms with E-state index in [2.05, 4.69) is 59.7 Å². The largest absolute Gasteiger partial charge is 0.383 e. The minimum absolute atomic E-state index is 0.0127. The number of aromatic amines is 2. The second-order valence-electron chi connectivity index (χ2n) is 8.96. The lowest BCUT2D eigenvalue weighted by Gasteiger charge is -2.01. The zero-order valence-electron chi connectivity index (χ0n) is 21.6. The molecular formula is C22H36N8O5. The van der Waals surface area contributed by atoms with Crippen LogP contribution >= 0.6 is 0 Å². The van der Waals surface area contributed by atoms with Gasteiger partial charge in [0.05, 0.1) is 5.71 Å². The number of H-pyrrole nitrogens is 2. The first-order valence-corrected chi connectivity index (χ1v) is 11.4. The molecule has 4 rings (SSSR count). The molecule has 0 unspecified atom stereocenters. The van der Waals surface area contributed by atoms with Crippen LogP contribution in [0.25, 0.3) is 0 Å². The Bertz CT molecular complexity index is 1120. The van der Waals surface area contributed by atoms with Crippen LogP contribution in [0.5, 0.6) is 0 Å². The van der Waals surface area contributed by atoms with Crippen molar-refractivity contribution in [1.82, 2.24) is 20.8 Å². The van der Waals surface area contributed by atoms with E-state index < -0.39 is 0 Å². The number of amides is 1. The Labute approximate surface area is 203 Å². The van der Waals surface area contributed by atoms with Gasteiger partial charge >= 0.3 is 5.56 Å². The van der Waals surface area contributed by atoms with E-state index in [1.165, 1.54) is 6.07 Å². The van der Waals surface area contributed by atoms with Crippen LogP contribution in [-0.4, -0.2) is 46.0 Å². The zero-order chi connectivity index (χ0) is 26.5. The number of hydrogen-bond donors (Lipinski definition) is 3. The fourth-order valence-corrected chi connectivity index (χ4v) is 2.39. The second-order valence-corrected chi connectivity index (χ2v) is 8.96. The zero-order valence-corrected chi connectivity index (χ0v) is 21.6. The first-order chi connectivity index (χ1) is 16.4. The van der Waals surface area contributed by atoms with Gasteiger partial charge in [0.15, 0.2) is 5.69 Å². The molecule has 2 aliphatic rings. The SMILES string of the molecule is CC(C)C1=NCC(=O)N1.CC(C)C1=NN=NC1.CC(C)c1cc(=O)[nH]o1.CC(C)c1no[nH]c1=O. The average Bonchev–Trinajstić information content (AvgIpc) is 3.57. The van der Waals surface area contributed by atoms with Gasteiger partial charge in [-0.1, -0.05) is 60.5 Å². The molecule has 0 saturated carbocycles. The van der Waals surface area contributed by atoms with Crippen molar-refractivity contribution in [2.45, 2.75) is 67.2 Å². The van der Waals surface area contributed by atoms with Gasteiger partial charge in [0.1, 0.15) is 24.7 Å². The van der Waals surface area contributed by atoms with E-state index in [-0.39, 0.29) is 28.9 Å². The highest BCUT2D eigenvalue weighted by Gasteiger charge is 2.14. The molecule has 0 aliphatic carbocycles. The van der Waals surface area contributed by atoms with E-state index in [1.54, 1.807) is 0 Å². The minimum Gasteiger partial charge on any atom is -0.383 e. The Morgan fingerprint density at radius 3 is 1.77 bits per heavy atom. The molecule has 4 heterocycles. The summed E-state index contributed by atoms with van der Waals surface area (Å²) in [6, 6.07) is 1.46. The molecule has 2 aromatic rings. The van der Waals surface area contributed by atoms with E-state index in [9.17, 15) is 14.4 Å². The fourth-order valence-electron chi connectivity index (χ4n) is 2.39. The van der Waals surface area contributed by atoms with Gasteiger partial charge < -0.3 is 9.84 Å². The van der Waals surface area contributed by atoms with E-state index in [0.717, 1.165) is 11.5 Å². The molecule has 0 radical (unpaired) electrons. The third-order valence-corrected chi connectivity index (χ3v) is 4.52. The van der Waals surface area contributed by atoms with E-state index >= 15 is 0 Å². The van der Waals surface area contributed by atoms with Gasteiger partial charge in [-0.05, 0) is 11.1 Å². The molecule has 1 amide bonds. The number of amidine groups is 1. The molecule has 2 aliphatic heterocycles. The Morgan fingerprint density at radius 1 is 0.857 bits per heavy atom. The Morgan fingerprint density at radius 2 is 1.54 bits per heavy atom. The molecular weight excluding hydrogens is 456 g/mol. The number of rotatable bonds is 4. The van der Waals surface area contributed by atoms with Gasteiger partial charge in [0, 0.05) is 23.8 Å². The van der Waals surface area contributed by atoms with Crippen molar-refractivity contribution in [1.29, 1.82) is 0 Å². The Kier molecular flexibility index (Phi) is 12.2. The summed E-state index contributed by atoms with van der Waals surface area (Å²) >= 11 is 0. The van der Waals surface area contributed by atoms with Gasteiger partial charge in [-0.3, -0.25) is 24.0 Å². The normalized spacial score (nSPS) is 14.1. The van der Waals surface area contributed by atoms with Crippen molar-refractivity contribution in [3.8, 4) is 0 Å². The summed E-state index contributed by atoms with van der Waals surface area (Å²) in [5, 5.41) is 21.5. The molecule has 0 atom stereocenters. The molecule has 0 fully saturated rings. The van der Waals surface area contributed by atoms with Gasteiger partial charge in [-0.25, -0.2) is 0 Å². The van der Waals surface area contributed by atoms with E-state index in [0.29, 0.717) is 36.4 Å². The lowest BCUT2D eigenvalue weighted by atomic mass is 10.1. The molecule has 0 bridgehead atoms. The molecule has 194 valence electrons. The number of carbonyl (C=O) groups is 1. The first kappa shape index (κ1) is 29.4. The maximum atomic E-state index is 10.6. The van der Waals surface area contributed by atoms with Crippen LogP contribution in [0.3, 0.4) is 0 Å². The fraction of sp³-hybridized carbons (Fsp3) is 0.636. The Hall–Kier alpha value is -3.64. The summed E-state index contributed by atoms with van der Waals surface area (Å²) in [5.74, 6) is 2.80. The van der Waals surface area contributed by atoms with E-state index in [1.807, 2.05) is 41.5 Å².